The van der Waals surface area contributed by atoms with E-state index < -0.39 is 15.7 Å². The topological polar surface area (TPSA) is 120 Å². The first-order valence-corrected chi connectivity index (χ1v) is 18.1. The number of methoxy groups -OCH3 is 1. The summed E-state index contributed by atoms with van der Waals surface area (Å²) in [5.74, 6) is -0.911. The number of nitrogens with two attached hydrogens (primary N) is 1. The minimum Gasteiger partial charge on any atom is -0.469 e. The number of primary amides is 1. The zero-order chi connectivity index (χ0) is 36.6. The van der Waals surface area contributed by atoms with Crippen LogP contribution >= 0.6 is 23.2 Å². The van der Waals surface area contributed by atoms with Crippen molar-refractivity contribution in [3.8, 4) is 0 Å². The van der Waals surface area contributed by atoms with E-state index in [9.17, 15) is 18.0 Å². The molecule has 0 unspecified atom stereocenters. The van der Waals surface area contributed by atoms with Gasteiger partial charge in [0.15, 0.2) is 9.84 Å². The highest BCUT2D eigenvalue weighted by Gasteiger charge is 2.25. The van der Waals surface area contributed by atoms with Crippen LogP contribution in [0.25, 0.3) is 16.7 Å². The lowest BCUT2D eigenvalue weighted by Crippen LogP contribution is -2.29. The quantitative estimate of drug-likeness (QED) is 0.150. The summed E-state index contributed by atoms with van der Waals surface area (Å²) in [6, 6.07) is 16.3. The summed E-state index contributed by atoms with van der Waals surface area (Å²) < 4.78 is 32.6. The molecule has 0 spiro atoms. The lowest BCUT2D eigenvalue weighted by atomic mass is 9.95. The third-order valence-corrected chi connectivity index (χ3v) is 8.82. The number of benzene rings is 3. The van der Waals surface area contributed by atoms with Gasteiger partial charge in [-0.2, -0.15) is 0 Å². The van der Waals surface area contributed by atoms with E-state index in [0.717, 1.165) is 51.7 Å². The number of nitrogens with zero attached hydrogens (tertiary/aromatic N) is 1. The number of halogens is 2. The Kier molecular flexibility index (Phi) is 17.8. The van der Waals surface area contributed by atoms with Crippen molar-refractivity contribution in [3.05, 3.63) is 118 Å². The van der Waals surface area contributed by atoms with Crippen LogP contribution in [-0.4, -0.2) is 45.1 Å². The SMILES string of the molecule is C=C.C=C(c1ccc2ccoc2c1)N1CCc2c(cc(Cl)c(C(N)=O)c2Cl)C1.CC.CC.COC(=O)CCc1cccc(S(C)(=O)=O)c1. The Balaban J connectivity index is 0.000000452. The van der Waals surface area contributed by atoms with Gasteiger partial charge in [-0.05, 0) is 59.9 Å². The summed E-state index contributed by atoms with van der Waals surface area (Å²) in [6.07, 6.45) is 4.26. The molecule has 260 valence electrons. The molecular weight excluding hydrogens is 671 g/mol. The van der Waals surface area contributed by atoms with Crippen LogP contribution in [0.1, 0.15) is 66.7 Å². The van der Waals surface area contributed by atoms with Gasteiger partial charge in [-0.3, -0.25) is 9.59 Å². The molecule has 0 radical (unpaired) electrons. The Morgan fingerprint density at radius 2 is 1.69 bits per heavy atom. The van der Waals surface area contributed by atoms with E-state index >= 15 is 0 Å². The summed E-state index contributed by atoms with van der Waals surface area (Å²) in [5.41, 5.74) is 11.1. The van der Waals surface area contributed by atoms with Gasteiger partial charge in [0.1, 0.15) is 5.58 Å². The van der Waals surface area contributed by atoms with Crippen LogP contribution in [0.3, 0.4) is 0 Å². The summed E-state index contributed by atoms with van der Waals surface area (Å²) in [4.78, 5) is 25.0. The predicted molar refractivity (Wildman–Crippen MR) is 198 cm³/mol. The maximum Gasteiger partial charge on any atom is 0.305 e. The van der Waals surface area contributed by atoms with Crippen molar-refractivity contribution in [3.63, 3.8) is 0 Å². The molecular formula is C37H46Cl2N2O6S. The van der Waals surface area contributed by atoms with Gasteiger partial charge >= 0.3 is 5.97 Å². The average molecular weight is 718 g/mol. The maximum absolute atomic E-state index is 11.6. The molecule has 3 aromatic carbocycles. The van der Waals surface area contributed by atoms with Gasteiger partial charge in [-0.15, -0.1) is 13.2 Å². The first-order chi connectivity index (χ1) is 22.9. The molecule has 1 aliphatic heterocycles. The van der Waals surface area contributed by atoms with Crippen molar-refractivity contribution in [1.29, 1.82) is 0 Å². The van der Waals surface area contributed by atoms with Crippen molar-refractivity contribution in [2.75, 3.05) is 19.9 Å². The van der Waals surface area contributed by atoms with Gasteiger partial charge in [0.25, 0.3) is 5.91 Å². The number of hydrogen-bond acceptors (Lipinski definition) is 7. The van der Waals surface area contributed by atoms with E-state index in [4.69, 9.17) is 33.4 Å². The van der Waals surface area contributed by atoms with Crippen LogP contribution in [-0.2, 0) is 38.8 Å². The van der Waals surface area contributed by atoms with Crippen LogP contribution in [0.2, 0.25) is 10.0 Å². The van der Waals surface area contributed by atoms with Gasteiger partial charge in [-0.1, -0.05) is 81.7 Å². The molecule has 11 heteroatoms. The molecule has 0 bridgehead atoms. The molecule has 1 aromatic heterocycles. The van der Waals surface area contributed by atoms with Crippen molar-refractivity contribution >= 4 is 61.6 Å². The largest absolute Gasteiger partial charge is 0.469 e. The fourth-order valence-corrected chi connectivity index (χ4v) is 6.17. The second-order valence-electron chi connectivity index (χ2n) is 9.84. The maximum atomic E-state index is 11.6. The number of ether oxygens (including phenoxy) is 1. The third kappa shape index (κ3) is 11.3. The minimum absolute atomic E-state index is 0.197. The number of rotatable bonds is 7. The molecule has 1 amide bonds. The van der Waals surface area contributed by atoms with Crippen LogP contribution in [0.5, 0.6) is 0 Å². The molecule has 48 heavy (non-hydrogen) atoms. The fourth-order valence-electron chi connectivity index (χ4n) is 4.70. The molecule has 0 saturated carbocycles. The highest BCUT2D eigenvalue weighted by molar-refractivity contribution is 7.90. The Hall–Kier alpha value is -4.05. The lowest BCUT2D eigenvalue weighted by molar-refractivity contribution is -0.140. The number of carbonyl (C=O) groups excluding carboxylic acids is 2. The summed E-state index contributed by atoms with van der Waals surface area (Å²) >= 11 is 12.6. The number of esters is 1. The van der Waals surface area contributed by atoms with Crippen molar-refractivity contribution < 1.29 is 27.2 Å². The van der Waals surface area contributed by atoms with Gasteiger partial charge in [0, 0.05) is 42.4 Å². The molecule has 1 aliphatic rings. The van der Waals surface area contributed by atoms with Gasteiger partial charge in [0.05, 0.1) is 33.9 Å². The van der Waals surface area contributed by atoms with Gasteiger partial charge in [0.2, 0.25) is 0 Å². The Morgan fingerprint density at radius 1 is 1.02 bits per heavy atom. The Bertz CT molecular complexity index is 1800. The molecule has 4 aromatic rings. The second-order valence-corrected chi connectivity index (χ2v) is 12.6. The van der Waals surface area contributed by atoms with Crippen molar-refractivity contribution in [2.45, 2.75) is 58.4 Å². The molecule has 2 heterocycles. The number of hydrogen-bond donors (Lipinski definition) is 1. The van der Waals surface area contributed by atoms with Crippen molar-refractivity contribution in [1.82, 2.24) is 4.90 Å². The molecule has 0 saturated heterocycles. The van der Waals surface area contributed by atoms with Crippen LogP contribution < -0.4 is 5.73 Å². The number of fused-ring (bicyclic) bond motifs is 2. The standard InChI is InChI=1S/C20H16Cl2N2O2.C11H14O4S.2C2H6.C2H4/c1-11(13-3-2-12-5-7-26-17(12)9-13)24-6-4-15-14(10-24)8-16(21)18(19(15)22)20(23)25;1-15-11(12)7-6-9-4-3-5-10(8-9)16(2,13)14;3*1-2/h2-3,5,7-9H,1,4,6,10H2,(H2,23,25);3-5,8H,6-7H2,1-2H3;2*1-2H3;1-2H2. The van der Waals surface area contributed by atoms with Crippen molar-refractivity contribution in [2.24, 2.45) is 5.73 Å². The first-order valence-electron chi connectivity index (χ1n) is 15.5. The Labute approximate surface area is 295 Å². The van der Waals surface area contributed by atoms with E-state index in [1.54, 1.807) is 30.5 Å². The van der Waals surface area contributed by atoms with E-state index in [1.807, 2.05) is 52.0 Å². The Morgan fingerprint density at radius 3 is 2.29 bits per heavy atom. The van der Waals surface area contributed by atoms with E-state index in [1.165, 1.54) is 13.2 Å². The number of furan rings is 1. The molecule has 0 atom stereocenters. The number of sulfone groups is 1. The molecule has 2 N–H and O–H groups in total. The highest BCUT2D eigenvalue weighted by atomic mass is 35.5. The third-order valence-electron chi connectivity index (χ3n) is 6.99. The van der Waals surface area contributed by atoms with Gasteiger partial charge < -0.3 is 19.8 Å². The monoisotopic (exact) mass is 716 g/mol. The summed E-state index contributed by atoms with van der Waals surface area (Å²) in [7, 11) is -1.86. The highest BCUT2D eigenvalue weighted by Crippen LogP contribution is 2.36. The van der Waals surface area contributed by atoms with Gasteiger partial charge in [-0.25, -0.2) is 8.42 Å². The predicted octanol–water partition coefficient (Wildman–Crippen LogP) is 8.92. The zero-order valence-electron chi connectivity index (χ0n) is 28.6. The van der Waals surface area contributed by atoms with Crippen LogP contribution in [0.4, 0.5) is 0 Å². The van der Waals surface area contributed by atoms with Crippen LogP contribution in [0, 0.1) is 0 Å². The van der Waals surface area contributed by atoms with E-state index in [2.05, 4.69) is 29.4 Å². The summed E-state index contributed by atoms with van der Waals surface area (Å²) in [5, 5.41) is 1.70. The van der Waals surface area contributed by atoms with Crippen LogP contribution in [0.15, 0.2) is 89.9 Å². The molecule has 0 aliphatic carbocycles. The molecule has 5 rings (SSSR count). The number of carbonyl (C=O) groups is 2. The zero-order valence-corrected chi connectivity index (χ0v) is 30.9. The molecule has 8 nitrogen and oxygen atoms in total. The smallest absolute Gasteiger partial charge is 0.305 e. The normalized spacial score (nSPS) is 11.5. The summed E-state index contributed by atoms with van der Waals surface area (Å²) in [6.45, 7) is 19.6. The number of amides is 1. The second kappa shape index (κ2) is 20.3. The first kappa shape index (κ1) is 42.0. The molecule has 0 fully saturated rings. The average Bonchev–Trinajstić information content (AvgIpc) is 3.57. The minimum atomic E-state index is -3.19. The van der Waals surface area contributed by atoms with E-state index in [-0.39, 0.29) is 27.9 Å². The fraction of sp³-hybridized carbons (Fsp3) is 0.297. The van der Waals surface area contributed by atoms with E-state index in [0.29, 0.717) is 24.4 Å². The number of aryl methyl sites for hydroxylation is 1. The lowest BCUT2D eigenvalue weighted by Gasteiger charge is -2.33.